The lowest BCUT2D eigenvalue weighted by molar-refractivity contribution is 0.756. The summed E-state index contributed by atoms with van der Waals surface area (Å²) in [4.78, 5) is 11.0. The van der Waals surface area contributed by atoms with Gasteiger partial charge < -0.3 is 10.2 Å². The van der Waals surface area contributed by atoms with Crippen molar-refractivity contribution >= 4 is 11.8 Å². The van der Waals surface area contributed by atoms with Crippen molar-refractivity contribution in [1.82, 2.24) is 9.97 Å². The van der Waals surface area contributed by atoms with Gasteiger partial charge in [0.15, 0.2) is 0 Å². The van der Waals surface area contributed by atoms with Crippen LogP contribution in [0.4, 0.5) is 11.8 Å². The van der Waals surface area contributed by atoms with Crippen molar-refractivity contribution in [3.05, 3.63) is 11.8 Å². The minimum atomic E-state index is 0.714. The largest absolute Gasteiger partial charge is 0.359 e. The molecule has 0 aliphatic rings. The number of aryl methyl sites for hydroxylation is 1. The Bertz CT molecular complexity index is 325. The van der Waals surface area contributed by atoms with Crippen LogP contribution in [0.2, 0.25) is 0 Å². The zero-order valence-electron chi connectivity index (χ0n) is 10.7. The van der Waals surface area contributed by atoms with Crippen LogP contribution < -0.4 is 10.2 Å². The molecular weight excluding hydrogens is 200 g/mol. The standard InChI is InChI=1S/C12H22N4/c1-5-7-8-16(4)11-10(3)9-14-12(15-11)13-6-2/h9H,5-8H2,1-4H3,(H,13,14,15). The number of nitrogens with one attached hydrogen (secondary N) is 1. The molecule has 0 aliphatic heterocycles. The second-order valence-electron chi connectivity index (χ2n) is 4.01. The summed E-state index contributed by atoms with van der Waals surface area (Å²) in [7, 11) is 2.08. The smallest absolute Gasteiger partial charge is 0.224 e. The first kappa shape index (κ1) is 12.7. The first-order chi connectivity index (χ1) is 7.69. The molecule has 0 spiro atoms. The molecule has 4 nitrogen and oxygen atoms in total. The number of anilines is 2. The molecule has 1 rings (SSSR count). The summed E-state index contributed by atoms with van der Waals surface area (Å²) >= 11 is 0. The highest BCUT2D eigenvalue weighted by atomic mass is 15.2. The Morgan fingerprint density at radius 2 is 2.12 bits per heavy atom. The second kappa shape index (κ2) is 6.30. The Balaban J connectivity index is 2.79. The predicted octanol–water partition coefficient (Wildman–Crippen LogP) is 2.45. The fourth-order valence-electron chi connectivity index (χ4n) is 1.56. The number of aromatic nitrogens is 2. The van der Waals surface area contributed by atoms with E-state index in [1.54, 1.807) is 0 Å². The molecule has 0 bridgehead atoms. The van der Waals surface area contributed by atoms with Crippen molar-refractivity contribution in [3.8, 4) is 0 Å². The Kier molecular flexibility index (Phi) is 5.02. The number of rotatable bonds is 6. The second-order valence-corrected chi connectivity index (χ2v) is 4.01. The van der Waals surface area contributed by atoms with Gasteiger partial charge in [0, 0.05) is 31.9 Å². The van der Waals surface area contributed by atoms with E-state index in [-0.39, 0.29) is 0 Å². The fraction of sp³-hybridized carbons (Fsp3) is 0.667. The van der Waals surface area contributed by atoms with E-state index in [2.05, 4.69) is 34.2 Å². The molecule has 1 N–H and O–H groups in total. The molecule has 0 fully saturated rings. The maximum Gasteiger partial charge on any atom is 0.224 e. The summed E-state index contributed by atoms with van der Waals surface area (Å²) in [6.07, 6.45) is 4.27. The molecule has 1 aromatic rings. The first-order valence-corrected chi connectivity index (χ1v) is 5.97. The molecule has 0 radical (unpaired) electrons. The van der Waals surface area contributed by atoms with Gasteiger partial charge in [-0.15, -0.1) is 0 Å². The third-order valence-corrected chi connectivity index (χ3v) is 2.49. The third-order valence-electron chi connectivity index (χ3n) is 2.49. The van der Waals surface area contributed by atoms with E-state index < -0.39 is 0 Å². The molecule has 16 heavy (non-hydrogen) atoms. The van der Waals surface area contributed by atoms with Gasteiger partial charge in [0.1, 0.15) is 5.82 Å². The van der Waals surface area contributed by atoms with Crippen molar-refractivity contribution in [2.45, 2.75) is 33.6 Å². The average Bonchev–Trinajstić information content (AvgIpc) is 2.29. The minimum Gasteiger partial charge on any atom is -0.359 e. The summed E-state index contributed by atoms with van der Waals surface area (Å²) < 4.78 is 0. The summed E-state index contributed by atoms with van der Waals surface area (Å²) in [6, 6.07) is 0. The van der Waals surface area contributed by atoms with Crippen LogP contribution in [0.3, 0.4) is 0 Å². The van der Waals surface area contributed by atoms with Crippen LogP contribution in [-0.4, -0.2) is 30.1 Å². The van der Waals surface area contributed by atoms with Gasteiger partial charge in [0.2, 0.25) is 5.95 Å². The highest BCUT2D eigenvalue weighted by Gasteiger charge is 2.07. The average molecular weight is 222 g/mol. The zero-order chi connectivity index (χ0) is 12.0. The van der Waals surface area contributed by atoms with Crippen LogP contribution in [0.5, 0.6) is 0 Å². The van der Waals surface area contributed by atoms with Gasteiger partial charge in [-0.05, 0) is 20.3 Å². The summed E-state index contributed by atoms with van der Waals surface area (Å²) in [5.74, 6) is 1.74. The molecule has 0 saturated carbocycles. The molecule has 0 atom stereocenters. The SMILES string of the molecule is CCCCN(C)c1nc(NCC)ncc1C. The molecule has 0 aliphatic carbocycles. The maximum atomic E-state index is 4.52. The van der Waals surface area contributed by atoms with Crippen LogP contribution in [-0.2, 0) is 0 Å². The van der Waals surface area contributed by atoms with E-state index in [4.69, 9.17) is 0 Å². The maximum absolute atomic E-state index is 4.52. The van der Waals surface area contributed by atoms with E-state index >= 15 is 0 Å². The van der Waals surface area contributed by atoms with Gasteiger partial charge in [0.25, 0.3) is 0 Å². The number of hydrogen-bond acceptors (Lipinski definition) is 4. The van der Waals surface area contributed by atoms with Crippen molar-refractivity contribution in [3.63, 3.8) is 0 Å². The van der Waals surface area contributed by atoms with Crippen molar-refractivity contribution < 1.29 is 0 Å². The van der Waals surface area contributed by atoms with Crippen molar-refractivity contribution in [2.75, 3.05) is 30.4 Å². The van der Waals surface area contributed by atoms with Crippen LogP contribution >= 0.6 is 0 Å². The van der Waals surface area contributed by atoms with Gasteiger partial charge in [-0.3, -0.25) is 0 Å². The van der Waals surface area contributed by atoms with Crippen LogP contribution in [0.25, 0.3) is 0 Å². The van der Waals surface area contributed by atoms with E-state index in [1.807, 2.05) is 20.0 Å². The normalized spacial score (nSPS) is 10.2. The predicted molar refractivity (Wildman–Crippen MR) is 69.1 cm³/mol. The topological polar surface area (TPSA) is 41.1 Å². The van der Waals surface area contributed by atoms with E-state index in [0.717, 1.165) is 24.5 Å². The van der Waals surface area contributed by atoms with Crippen LogP contribution in [0.1, 0.15) is 32.3 Å². The fourth-order valence-corrected chi connectivity index (χ4v) is 1.56. The van der Waals surface area contributed by atoms with E-state index in [9.17, 15) is 0 Å². The third kappa shape index (κ3) is 3.36. The molecule has 1 heterocycles. The Morgan fingerprint density at radius 1 is 1.38 bits per heavy atom. The van der Waals surface area contributed by atoms with Gasteiger partial charge in [-0.25, -0.2) is 4.98 Å². The van der Waals surface area contributed by atoms with Gasteiger partial charge in [-0.2, -0.15) is 4.98 Å². The molecule has 0 aromatic carbocycles. The van der Waals surface area contributed by atoms with Crippen molar-refractivity contribution in [2.24, 2.45) is 0 Å². The molecule has 0 amide bonds. The number of unbranched alkanes of at least 4 members (excludes halogenated alkanes) is 1. The molecule has 0 saturated heterocycles. The highest BCUT2D eigenvalue weighted by molar-refractivity contribution is 5.48. The summed E-state index contributed by atoms with van der Waals surface area (Å²) in [5, 5.41) is 3.14. The zero-order valence-corrected chi connectivity index (χ0v) is 10.7. The van der Waals surface area contributed by atoms with E-state index in [0.29, 0.717) is 5.95 Å². The monoisotopic (exact) mass is 222 g/mol. The lowest BCUT2D eigenvalue weighted by Gasteiger charge is -2.20. The lowest BCUT2D eigenvalue weighted by atomic mass is 10.3. The van der Waals surface area contributed by atoms with Crippen LogP contribution in [0.15, 0.2) is 6.20 Å². The summed E-state index contributed by atoms with van der Waals surface area (Å²) in [6.45, 7) is 8.18. The van der Waals surface area contributed by atoms with Crippen molar-refractivity contribution in [1.29, 1.82) is 0 Å². The van der Waals surface area contributed by atoms with Gasteiger partial charge in [0.05, 0.1) is 0 Å². The lowest BCUT2D eigenvalue weighted by Crippen LogP contribution is -2.21. The molecule has 90 valence electrons. The summed E-state index contributed by atoms with van der Waals surface area (Å²) in [5.41, 5.74) is 1.13. The number of nitrogens with zero attached hydrogens (tertiary/aromatic N) is 3. The molecule has 1 aromatic heterocycles. The first-order valence-electron chi connectivity index (χ1n) is 5.97. The van der Waals surface area contributed by atoms with Gasteiger partial charge >= 0.3 is 0 Å². The van der Waals surface area contributed by atoms with Crippen LogP contribution in [0, 0.1) is 6.92 Å². The minimum absolute atomic E-state index is 0.714. The Hall–Kier alpha value is -1.32. The molecular formula is C12H22N4. The highest BCUT2D eigenvalue weighted by Crippen LogP contribution is 2.16. The van der Waals surface area contributed by atoms with Gasteiger partial charge in [-0.1, -0.05) is 13.3 Å². The molecule has 0 unspecified atom stereocenters. The number of hydrogen-bond donors (Lipinski definition) is 1. The Labute approximate surface area is 98.1 Å². The Morgan fingerprint density at radius 3 is 2.75 bits per heavy atom. The quantitative estimate of drug-likeness (QED) is 0.802. The van der Waals surface area contributed by atoms with E-state index in [1.165, 1.54) is 12.8 Å². The molecule has 4 heteroatoms.